The minimum Gasteiger partial charge on any atom is -0.490 e. The van der Waals surface area contributed by atoms with Crippen molar-refractivity contribution < 1.29 is 29.0 Å². The van der Waals surface area contributed by atoms with Crippen LogP contribution in [0, 0.1) is 19.8 Å². The third kappa shape index (κ3) is 8.35. The molecule has 0 aliphatic carbocycles. The molecule has 0 spiro atoms. The van der Waals surface area contributed by atoms with Crippen LogP contribution in [0.3, 0.4) is 0 Å². The van der Waals surface area contributed by atoms with Crippen molar-refractivity contribution in [2.24, 2.45) is 5.92 Å². The molecule has 1 aromatic carbocycles. The van der Waals surface area contributed by atoms with Crippen molar-refractivity contribution in [2.75, 3.05) is 19.6 Å². The largest absolute Gasteiger partial charge is 0.490 e. The summed E-state index contributed by atoms with van der Waals surface area (Å²) in [6.07, 6.45) is 3.70. The third-order valence-electron chi connectivity index (χ3n) is 8.68. The van der Waals surface area contributed by atoms with Crippen molar-refractivity contribution in [3.63, 3.8) is 0 Å². The fourth-order valence-electron chi connectivity index (χ4n) is 6.26. The van der Waals surface area contributed by atoms with Crippen LogP contribution in [0.25, 0.3) is 10.4 Å². The first kappa shape index (κ1) is 35.3. The molecule has 2 N–H and O–H groups in total. The van der Waals surface area contributed by atoms with Gasteiger partial charge < -0.3 is 29.7 Å². The van der Waals surface area contributed by atoms with Crippen LogP contribution in [0.2, 0.25) is 0 Å². The number of hydrogen-bond acceptors (Lipinski definition) is 9. The number of amides is 3. The summed E-state index contributed by atoms with van der Waals surface area (Å²) in [5.41, 5.74) is 4.86. The number of nitrogens with zero attached hydrogens (tertiary/aromatic N) is 5. The van der Waals surface area contributed by atoms with Crippen LogP contribution in [-0.4, -0.2) is 91.1 Å². The zero-order chi connectivity index (χ0) is 34.7. The Bertz CT molecular complexity index is 1600. The number of thiazole rings is 1. The van der Waals surface area contributed by atoms with Gasteiger partial charge >= 0.3 is 6.09 Å². The first-order valence-corrected chi connectivity index (χ1v) is 17.5. The molecule has 0 saturated carbocycles. The number of hydrogen-bond donors (Lipinski definition) is 2. The SMILES string of the molecule is Cc1cnn(C(C(=O)N2C[C@H](O)C[C@H]2C(=O)NCc2ccc(-c3scnc3C)cc2OC2CCN(C(=O)OC(C)(C)C)CC2)C(C)C)c1. The first-order chi connectivity index (χ1) is 22.7. The number of aromatic nitrogens is 3. The number of nitrogens with one attached hydrogen (secondary N) is 1. The first-order valence-electron chi connectivity index (χ1n) is 16.6. The highest BCUT2D eigenvalue weighted by Gasteiger charge is 2.42. The fraction of sp³-hybridized carbons (Fsp3) is 0.571. The van der Waals surface area contributed by atoms with Gasteiger partial charge in [0.2, 0.25) is 11.8 Å². The highest BCUT2D eigenvalue weighted by molar-refractivity contribution is 7.13. The molecule has 260 valence electrons. The minimum absolute atomic E-state index is 0.0744. The second kappa shape index (κ2) is 14.7. The molecule has 4 heterocycles. The molecule has 2 aliphatic rings. The molecule has 12 nitrogen and oxygen atoms in total. The molecule has 0 bridgehead atoms. The molecular formula is C35H48N6O6S. The number of β-amino-alcohol motifs (C(OH)–C–C–N with tert-alkyl or cyclic N) is 1. The molecule has 2 saturated heterocycles. The van der Waals surface area contributed by atoms with Gasteiger partial charge in [-0.25, -0.2) is 9.78 Å². The van der Waals surface area contributed by atoms with E-state index < -0.39 is 23.8 Å². The Labute approximate surface area is 286 Å². The molecule has 0 radical (unpaired) electrons. The number of rotatable bonds is 9. The van der Waals surface area contributed by atoms with E-state index in [1.807, 2.05) is 78.4 Å². The van der Waals surface area contributed by atoms with E-state index in [4.69, 9.17) is 9.47 Å². The van der Waals surface area contributed by atoms with Crippen molar-refractivity contribution >= 4 is 29.2 Å². The third-order valence-corrected chi connectivity index (χ3v) is 9.66. The van der Waals surface area contributed by atoms with E-state index in [0.29, 0.717) is 31.7 Å². The Kier molecular flexibility index (Phi) is 10.8. The van der Waals surface area contributed by atoms with Gasteiger partial charge in [0, 0.05) is 57.2 Å². The maximum atomic E-state index is 13.8. The number of carbonyl (C=O) groups is 3. The second-order valence-corrected chi connectivity index (χ2v) is 15.0. The van der Waals surface area contributed by atoms with Crippen LogP contribution in [-0.2, 0) is 20.9 Å². The summed E-state index contributed by atoms with van der Waals surface area (Å²) in [4.78, 5) is 48.8. The van der Waals surface area contributed by atoms with Gasteiger partial charge in [0.15, 0.2) is 0 Å². The predicted molar refractivity (Wildman–Crippen MR) is 183 cm³/mol. The highest BCUT2D eigenvalue weighted by atomic mass is 32.1. The van der Waals surface area contributed by atoms with Gasteiger partial charge in [-0.3, -0.25) is 14.3 Å². The summed E-state index contributed by atoms with van der Waals surface area (Å²) in [7, 11) is 0. The van der Waals surface area contributed by atoms with Crippen molar-refractivity contribution in [1.82, 2.24) is 29.9 Å². The van der Waals surface area contributed by atoms with E-state index in [0.717, 1.165) is 27.3 Å². The zero-order valence-electron chi connectivity index (χ0n) is 28.9. The van der Waals surface area contributed by atoms with Gasteiger partial charge in [0.25, 0.3) is 0 Å². The van der Waals surface area contributed by atoms with Crippen LogP contribution in [0.5, 0.6) is 5.75 Å². The van der Waals surface area contributed by atoms with E-state index in [-0.39, 0.29) is 49.4 Å². The Balaban J connectivity index is 1.30. The van der Waals surface area contributed by atoms with Crippen LogP contribution in [0.4, 0.5) is 4.79 Å². The highest BCUT2D eigenvalue weighted by Crippen LogP contribution is 2.34. The molecule has 13 heteroatoms. The van der Waals surface area contributed by atoms with Crippen LogP contribution < -0.4 is 10.1 Å². The summed E-state index contributed by atoms with van der Waals surface area (Å²) < 4.78 is 13.8. The average Bonchev–Trinajstić information content (AvgIpc) is 3.75. The number of benzene rings is 1. The lowest BCUT2D eigenvalue weighted by Gasteiger charge is -2.34. The van der Waals surface area contributed by atoms with E-state index in [1.165, 1.54) is 4.90 Å². The Morgan fingerprint density at radius 1 is 1.15 bits per heavy atom. The Hall–Kier alpha value is -3.97. The molecule has 5 rings (SSSR count). The summed E-state index contributed by atoms with van der Waals surface area (Å²) in [6, 6.07) is 4.52. The van der Waals surface area contributed by atoms with Crippen LogP contribution in [0.1, 0.15) is 76.7 Å². The average molecular weight is 681 g/mol. The number of ether oxygens (including phenoxy) is 2. The standard InChI is InChI=1S/C35H48N6O6S/c1-21(2)30(41-18-22(3)16-38-41)33(44)40-19-26(42)15-28(40)32(43)36-17-25-9-8-24(31-23(4)37-20-48-31)14-29(25)46-27-10-12-39(13-11-27)34(45)47-35(5,6)7/h8-9,14,16,18,20-21,26-28,30,42H,10-13,15,17,19H2,1-7H3,(H,36,43)/t26-,28+,30?/m1/s1. The zero-order valence-corrected chi connectivity index (χ0v) is 29.7. The van der Waals surface area contributed by atoms with Gasteiger partial charge in [0.1, 0.15) is 29.5 Å². The second-order valence-electron chi connectivity index (χ2n) is 14.2. The molecule has 3 aromatic rings. The topological polar surface area (TPSA) is 139 Å². The molecule has 3 amide bonds. The lowest BCUT2D eigenvalue weighted by atomic mass is 10.0. The summed E-state index contributed by atoms with van der Waals surface area (Å²) in [5, 5.41) is 18.0. The quantitative estimate of drug-likeness (QED) is 0.326. The Morgan fingerprint density at radius 3 is 2.48 bits per heavy atom. The summed E-state index contributed by atoms with van der Waals surface area (Å²) in [6.45, 7) is 14.6. The van der Waals surface area contributed by atoms with Crippen molar-refractivity contribution in [3.8, 4) is 16.2 Å². The van der Waals surface area contributed by atoms with E-state index in [1.54, 1.807) is 27.1 Å². The summed E-state index contributed by atoms with van der Waals surface area (Å²) in [5.74, 6) is -0.00633. The van der Waals surface area contributed by atoms with Gasteiger partial charge in [0.05, 0.1) is 28.4 Å². The van der Waals surface area contributed by atoms with Gasteiger partial charge in [-0.05, 0) is 57.7 Å². The molecule has 1 unspecified atom stereocenters. The fourth-order valence-corrected chi connectivity index (χ4v) is 7.06. The number of piperidine rings is 1. The molecule has 2 aromatic heterocycles. The van der Waals surface area contributed by atoms with Crippen molar-refractivity contribution in [1.29, 1.82) is 0 Å². The molecular weight excluding hydrogens is 632 g/mol. The number of aryl methyl sites for hydroxylation is 2. The molecule has 2 aliphatic heterocycles. The van der Waals surface area contributed by atoms with E-state index in [2.05, 4.69) is 15.4 Å². The predicted octanol–water partition coefficient (Wildman–Crippen LogP) is 4.88. The van der Waals surface area contributed by atoms with Gasteiger partial charge in [-0.15, -0.1) is 11.3 Å². The van der Waals surface area contributed by atoms with Crippen molar-refractivity contribution in [2.45, 2.75) is 104 Å². The van der Waals surface area contributed by atoms with Gasteiger partial charge in [-0.1, -0.05) is 26.0 Å². The summed E-state index contributed by atoms with van der Waals surface area (Å²) >= 11 is 1.55. The number of likely N-dealkylation sites (tertiary alicyclic amines) is 2. The smallest absolute Gasteiger partial charge is 0.410 e. The van der Waals surface area contributed by atoms with Crippen molar-refractivity contribution in [3.05, 3.63) is 52.9 Å². The normalized spacial score (nSPS) is 19.4. The monoisotopic (exact) mass is 680 g/mol. The van der Waals surface area contributed by atoms with Crippen LogP contribution in [0.15, 0.2) is 36.1 Å². The number of carbonyl (C=O) groups excluding carboxylic acids is 3. The lowest BCUT2D eigenvalue weighted by Crippen LogP contribution is -2.49. The number of aliphatic hydroxyl groups is 1. The van der Waals surface area contributed by atoms with E-state index >= 15 is 0 Å². The Morgan fingerprint density at radius 2 is 1.88 bits per heavy atom. The molecule has 3 atom stereocenters. The van der Waals surface area contributed by atoms with E-state index in [9.17, 15) is 19.5 Å². The maximum absolute atomic E-state index is 13.8. The molecule has 48 heavy (non-hydrogen) atoms. The molecule has 2 fully saturated rings. The number of aliphatic hydroxyl groups excluding tert-OH is 1. The van der Waals surface area contributed by atoms with Gasteiger partial charge in [-0.2, -0.15) is 5.10 Å². The lowest BCUT2D eigenvalue weighted by molar-refractivity contribution is -0.142. The van der Waals surface area contributed by atoms with Crippen LogP contribution >= 0.6 is 11.3 Å². The minimum atomic E-state index is -0.814. The maximum Gasteiger partial charge on any atom is 0.410 e.